The van der Waals surface area contributed by atoms with Gasteiger partial charge in [-0.1, -0.05) is 20.8 Å². The second-order valence-corrected chi connectivity index (χ2v) is 11.2. The van der Waals surface area contributed by atoms with E-state index >= 15 is 0 Å². The summed E-state index contributed by atoms with van der Waals surface area (Å²) in [4.78, 5) is 44.4. The van der Waals surface area contributed by atoms with Gasteiger partial charge in [0.1, 0.15) is 23.9 Å². The summed E-state index contributed by atoms with van der Waals surface area (Å²) in [6, 6.07) is 5.18. The topological polar surface area (TPSA) is 136 Å². The molecule has 3 atom stereocenters. The Kier molecular flexibility index (Phi) is 7.66. The number of amides is 4. The number of carbonyl (C=O) groups excluding carboxylic acids is 3. The van der Waals surface area contributed by atoms with Crippen LogP contribution < -0.4 is 25.8 Å². The Hall–Kier alpha value is -3.56. The first kappa shape index (κ1) is 27.0. The third-order valence-corrected chi connectivity index (χ3v) is 5.96. The predicted octanol–water partition coefficient (Wildman–Crippen LogP) is 2.59. The van der Waals surface area contributed by atoms with Crippen molar-refractivity contribution in [2.45, 2.75) is 71.7 Å². The highest BCUT2D eigenvalue weighted by atomic mass is 16.5. The Morgan fingerprint density at radius 3 is 2.42 bits per heavy atom. The van der Waals surface area contributed by atoms with E-state index in [-0.39, 0.29) is 13.0 Å². The van der Waals surface area contributed by atoms with E-state index < -0.39 is 47.0 Å². The molecule has 1 saturated heterocycles. The van der Waals surface area contributed by atoms with Crippen molar-refractivity contribution in [3.8, 4) is 11.6 Å². The number of pyridine rings is 1. The van der Waals surface area contributed by atoms with Crippen molar-refractivity contribution < 1.29 is 23.9 Å². The van der Waals surface area contributed by atoms with E-state index in [0.29, 0.717) is 11.6 Å². The highest BCUT2D eigenvalue weighted by Crippen LogP contribution is 2.31. The number of aromatic nitrogens is 1. The van der Waals surface area contributed by atoms with Crippen LogP contribution in [0.5, 0.6) is 11.6 Å². The van der Waals surface area contributed by atoms with E-state index in [2.05, 4.69) is 15.6 Å². The van der Waals surface area contributed by atoms with Crippen LogP contribution in [0, 0.1) is 5.41 Å². The van der Waals surface area contributed by atoms with Gasteiger partial charge in [0, 0.05) is 23.5 Å². The number of ether oxygens (including phenoxy) is 2. The molecule has 1 aromatic carbocycles. The maximum Gasteiger partial charge on any atom is 0.315 e. The monoisotopic (exact) mass is 499 g/mol. The van der Waals surface area contributed by atoms with Crippen LogP contribution in [0.3, 0.4) is 0 Å². The number of likely N-dealkylation sites (tertiary alicyclic amines) is 1. The van der Waals surface area contributed by atoms with Crippen LogP contribution >= 0.6 is 0 Å². The van der Waals surface area contributed by atoms with Crippen LogP contribution in [-0.2, 0) is 9.59 Å². The highest BCUT2D eigenvalue weighted by Gasteiger charge is 2.45. The van der Waals surface area contributed by atoms with Gasteiger partial charge in [0.05, 0.1) is 13.7 Å². The molecule has 36 heavy (non-hydrogen) atoms. The van der Waals surface area contributed by atoms with Crippen LogP contribution in [0.1, 0.15) is 48.0 Å². The van der Waals surface area contributed by atoms with Crippen molar-refractivity contribution in [1.82, 2.24) is 20.5 Å². The molecule has 2 heterocycles. The van der Waals surface area contributed by atoms with E-state index in [1.165, 1.54) is 4.90 Å². The van der Waals surface area contributed by atoms with E-state index in [0.717, 1.165) is 10.8 Å². The van der Waals surface area contributed by atoms with E-state index in [1.807, 2.05) is 65.8 Å². The first-order valence-corrected chi connectivity index (χ1v) is 12.0. The lowest BCUT2D eigenvalue weighted by molar-refractivity contribution is -0.141. The highest BCUT2D eigenvalue weighted by molar-refractivity contribution is 5.92. The Bertz CT molecular complexity index is 1140. The Balaban J connectivity index is 1.83. The summed E-state index contributed by atoms with van der Waals surface area (Å²) < 4.78 is 11.5. The molecule has 4 amide bonds. The molecule has 0 unspecified atom stereocenters. The molecule has 4 N–H and O–H groups in total. The van der Waals surface area contributed by atoms with Gasteiger partial charge in [0.25, 0.3) is 0 Å². The van der Waals surface area contributed by atoms with Gasteiger partial charge in [-0.05, 0) is 55.8 Å². The molecule has 1 aromatic heterocycles. The number of nitrogens with zero attached hydrogens (tertiary/aromatic N) is 2. The third kappa shape index (κ3) is 6.35. The van der Waals surface area contributed by atoms with Gasteiger partial charge in [-0.2, -0.15) is 0 Å². The van der Waals surface area contributed by atoms with Crippen LogP contribution in [-0.4, -0.2) is 65.1 Å². The molecule has 0 aliphatic carbocycles. The van der Waals surface area contributed by atoms with Gasteiger partial charge < -0.3 is 30.7 Å². The molecule has 196 valence electrons. The van der Waals surface area contributed by atoms with Crippen molar-refractivity contribution >= 4 is 28.6 Å². The molecule has 3 rings (SSSR count). The Labute approximate surface area is 211 Å². The second kappa shape index (κ2) is 10.2. The van der Waals surface area contributed by atoms with Gasteiger partial charge in [-0.3, -0.25) is 9.59 Å². The van der Waals surface area contributed by atoms with Crippen LogP contribution in [0.4, 0.5) is 4.79 Å². The van der Waals surface area contributed by atoms with Crippen LogP contribution in [0.2, 0.25) is 0 Å². The summed E-state index contributed by atoms with van der Waals surface area (Å²) in [6.45, 7) is 11.2. The van der Waals surface area contributed by atoms with Crippen molar-refractivity contribution in [2.75, 3.05) is 13.7 Å². The fourth-order valence-electron chi connectivity index (χ4n) is 4.23. The molecule has 0 spiro atoms. The van der Waals surface area contributed by atoms with Crippen molar-refractivity contribution in [1.29, 1.82) is 0 Å². The number of urea groups is 1. The third-order valence-electron chi connectivity index (χ3n) is 5.96. The fourth-order valence-corrected chi connectivity index (χ4v) is 4.23. The maximum atomic E-state index is 13.7. The summed E-state index contributed by atoms with van der Waals surface area (Å²) in [5, 5.41) is 7.28. The van der Waals surface area contributed by atoms with Gasteiger partial charge in [-0.25, -0.2) is 9.78 Å². The lowest BCUT2D eigenvalue weighted by atomic mass is 9.85. The number of carbonyl (C=O) groups is 3. The Morgan fingerprint density at radius 1 is 1.14 bits per heavy atom. The average molecular weight is 500 g/mol. The zero-order valence-electron chi connectivity index (χ0n) is 22.0. The number of nitrogens with two attached hydrogens (primary N) is 1. The van der Waals surface area contributed by atoms with Crippen molar-refractivity contribution in [3.63, 3.8) is 0 Å². The number of rotatable bonds is 6. The molecule has 2 aromatic rings. The first-order valence-electron chi connectivity index (χ1n) is 12.0. The summed E-state index contributed by atoms with van der Waals surface area (Å²) in [5.41, 5.74) is 4.58. The van der Waals surface area contributed by atoms with Crippen LogP contribution in [0.25, 0.3) is 10.8 Å². The van der Waals surface area contributed by atoms with E-state index in [1.54, 1.807) is 13.3 Å². The quantitative estimate of drug-likeness (QED) is 0.559. The van der Waals surface area contributed by atoms with Gasteiger partial charge >= 0.3 is 6.03 Å². The summed E-state index contributed by atoms with van der Waals surface area (Å²) in [5.74, 6) is 0.0870. The Morgan fingerprint density at radius 2 is 1.83 bits per heavy atom. The largest absolute Gasteiger partial charge is 0.497 e. The minimum absolute atomic E-state index is 0.135. The molecule has 0 bridgehead atoms. The number of nitrogens with one attached hydrogen (secondary N) is 2. The summed E-state index contributed by atoms with van der Waals surface area (Å²) >= 11 is 0. The van der Waals surface area contributed by atoms with E-state index in [4.69, 9.17) is 15.2 Å². The molecular formula is C26H37N5O5. The lowest BCUT2D eigenvalue weighted by Gasteiger charge is -2.35. The molecule has 0 radical (unpaired) electrons. The van der Waals surface area contributed by atoms with Gasteiger partial charge in [0.2, 0.25) is 17.7 Å². The molecule has 10 heteroatoms. The molecule has 1 aliphatic rings. The van der Waals surface area contributed by atoms with Crippen LogP contribution in [0.15, 0.2) is 30.5 Å². The number of benzene rings is 1. The SMILES string of the molecule is COc1ccc2c(O[C@@H]3C[C@@H](C(N)=O)N(C(=O)[C@@H](NC(=O)NC(C)(C)C)C(C)(C)C)C3)nccc2c1. The van der Waals surface area contributed by atoms with Gasteiger partial charge in [0.15, 0.2) is 0 Å². The van der Waals surface area contributed by atoms with E-state index in [9.17, 15) is 14.4 Å². The number of hydrogen-bond donors (Lipinski definition) is 3. The fraction of sp³-hybridized carbons (Fsp3) is 0.538. The maximum absolute atomic E-state index is 13.7. The molecular weight excluding hydrogens is 462 g/mol. The molecule has 1 aliphatic heterocycles. The van der Waals surface area contributed by atoms with Gasteiger partial charge in [-0.15, -0.1) is 0 Å². The molecule has 0 saturated carbocycles. The number of primary amides is 1. The number of hydrogen-bond acceptors (Lipinski definition) is 6. The predicted molar refractivity (Wildman–Crippen MR) is 137 cm³/mol. The second-order valence-electron chi connectivity index (χ2n) is 11.2. The smallest absolute Gasteiger partial charge is 0.315 e. The average Bonchev–Trinajstić information content (AvgIpc) is 3.19. The molecule has 1 fully saturated rings. The number of fused-ring (bicyclic) bond motifs is 1. The summed E-state index contributed by atoms with van der Waals surface area (Å²) in [6.07, 6.45) is 1.35. The number of methoxy groups -OCH3 is 1. The van der Waals surface area contributed by atoms with Crippen molar-refractivity contribution in [2.24, 2.45) is 11.1 Å². The zero-order valence-corrected chi connectivity index (χ0v) is 22.0. The molecule has 10 nitrogen and oxygen atoms in total. The zero-order chi connectivity index (χ0) is 26.8. The normalized spacial score (nSPS) is 19.0. The minimum atomic E-state index is -0.886. The van der Waals surface area contributed by atoms with Crippen molar-refractivity contribution in [3.05, 3.63) is 30.5 Å². The summed E-state index contributed by atoms with van der Waals surface area (Å²) in [7, 11) is 1.60. The minimum Gasteiger partial charge on any atom is -0.497 e. The standard InChI is InChI=1S/C26H37N5O5/c1-25(2,3)20(29-24(34)30-26(4,5)6)23(33)31-14-17(13-19(31)21(27)32)36-22-18-9-8-16(35-7)12-15(18)10-11-28-22/h8-12,17,19-20H,13-14H2,1-7H3,(H2,27,32)(H2,29,30,34)/t17-,19+,20-/m1/s1. The first-order chi connectivity index (χ1) is 16.7. The lowest BCUT2D eigenvalue weighted by Crippen LogP contribution is -2.60.